The van der Waals surface area contributed by atoms with Crippen molar-refractivity contribution in [1.29, 1.82) is 0 Å². The third-order valence-electron chi connectivity index (χ3n) is 9.23. The zero-order valence-corrected chi connectivity index (χ0v) is 24.2. The number of nitrogens with zero attached hydrogens (tertiary/aromatic N) is 3. The van der Waals surface area contributed by atoms with Gasteiger partial charge in [0, 0.05) is 75.0 Å². The van der Waals surface area contributed by atoms with E-state index in [0.717, 1.165) is 112 Å². The Morgan fingerprint density at radius 3 is 2.28 bits per heavy atom. The predicted molar refractivity (Wildman–Crippen MR) is 161 cm³/mol. The van der Waals surface area contributed by atoms with E-state index in [1.165, 1.54) is 18.5 Å². The number of carbonyl (C=O) groups excluding carboxylic acids is 1. The Hall–Kier alpha value is -2.61. The highest BCUT2D eigenvalue weighted by atomic mass is 16.5. The molecular formula is C32H47N5O2. The molecule has 2 aromatic rings. The van der Waals surface area contributed by atoms with Gasteiger partial charge in [-0.15, -0.1) is 0 Å². The van der Waals surface area contributed by atoms with E-state index in [9.17, 15) is 4.79 Å². The molecule has 5 rings (SSSR count). The standard InChI is InChI=1S/C32H47N5O2/c1-4-28-29(22-30(23(3)31(28)32(33)38)37(5-2)27-12-20-39-21-13-27)24-6-8-25(9-7-24)35-16-18-36(19-17-35)26-10-14-34-15-11-26/h6-9,22,26-27,34H,4-5,10-21H2,1-3H3,(H2,33,38). The number of hydrogen-bond donors (Lipinski definition) is 2. The molecular weight excluding hydrogens is 486 g/mol. The summed E-state index contributed by atoms with van der Waals surface area (Å²) in [4.78, 5) is 20.5. The number of amides is 1. The summed E-state index contributed by atoms with van der Waals surface area (Å²) in [6.45, 7) is 15.6. The molecule has 0 aromatic heterocycles. The summed E-state index contributed by atoms with van der Waals surface area (Å²) in [7, 11) is 0. The molecule has 0 aliphatic carbocycles. The number of nitrogens with two attached hydrogens (primary N) is 1. The first-order valence-corrected chi connectivity index (χ1v) is 15.1. The van der Waals surface area contributed by atoms with Crippen LogP contribution in [0.3, 0.4) is 0 Å². The van der Waals surface area contributed by atoms with Crippen molar-refractivity contribution in [2.75, 3.05) is 68.8 Å². The maximum Gasteiger partial charge on any atom is 0.249 e. The quantitative estimate of drug-likeness (QED) is 0.530. The number of piperazine rings is 1. The van der Waals surface area contributed by atoms with Crippen LogP contribution in [0.25, 0.3) is 11.1 Å². The SMILES string of the molecule is CCc1c(-c2ccc(N3CCN(C4CCNCC4)CC3)cc2)cc(N(CC)C2CCOCC2)c(C)c1C(N)=O. The molecule has 0 atom stereocenters. The lowest BCUT2D eigenvalue weighted by Gasteiger charge is -2.41. The molecule has 7 nitrogen and oxygen atoms in total. The molecule has 3 aliphatic rings. The number of benzene rings is 2. The van der Waals surface area contributed by atoms with Gasteiger partial charge in [-0.2, -0.15) is 0 Å². The van der Waals surface area contributed by atoms with Crippen LogP contribution >= 0.6 is 0 Å². The maximum atomic E-state index is 12.8. The Bertz CT molecular complexity index is 1110. The molecule has 7 heteroatoms. The third-order valence-corrected chi connectivity index (χ3v) is 9.23. The predicted octanol–water partition coefficient (Wildman–Crippen LogP) is 4.20. The van der Waals surface area contributed by atoms with E-state index in [4.69, 9.17) is 10.5 Å². The van der Waals surface area contributed by atoms with Crippen molar-refractivity contribution in [3.63, 3.8) is 0 Å². The highest BCUT2D eigenvalue weighted by molar-refractivity contribution is 6.00. The molecule has 0 radical (unpaired) electrons. The van der Waals surface area contributed by atoms with E-state index in [0.29, 0.717) is 11.6 Å². The van der Waals surface area contributed by atoms with Crippen LogP contribution in [0.15, 0.2) is 30.3 Å². The fourth-order valence-corrected chi connectivity index (χ4v) is 7.07. The minimum absolute atomic E-state index is 0.335. The van der Waals surface area contributed by atoms with Crippen molar-refractivity contribution in [1.82, 2.24) is 10.2 Å². The summed E-state index contributed by atoms with van der Waals surface area (Å²) in [5.41, 5.74) is 13.4. The van der Waals surface area contributed by atoms with Gasteiger partial charge in [0.05, 0.1) is 0 Å². The zero-order valence-electron chi connectivity index (χ0n) is 24.2. The second-order valence-corrected chi connectivity index (χ2v) is 11.3. The Kier molecular flexibility index (Phi) is 9.10. The van der Waals surface area contributed by atoms with Gasteiger partial charge >= 0.3 is 0 Å². The minimum Gasteiger partial charge on any atom is -0.381 e. The zero-order chi connectivity index (χ0) is 27.4. The number of nitrogens with one attached hydrogen (secondary N) is 1. The number of hydrogen-bond acceptors (Lipinski definition) is 6. The van der Waals surface area contributed by atoms with Crippen molar-refractivity contribution in [3.8, 4) is 11.1 Å². The van der Waals surface area contributed by atoms with E-state index >= 15 is 0 Å². The first kappa shape index (κ1) is 27.9. The molecule has 3 saturated heterocycles. The van der Waals surface area contributed by atoms with E-state index in [2.05, 4.69) is 71.1 Å². The second kappa shape index (κ2) is 12.7. The molecule has 0 unspecified atom stereocenters. The molecule has 3 heterocycles. The molecule has 2 aromatic carbocycles. The monoisotopic (exact) mass is 533 g/mol. The van der Waals surface area contributed by atoms with E-state index in [1.807, 2.05) is 0 Å². The van der Waals surface area contributed by atoms with Gasteiger partial charge in [0.15, 0.2) is 0 Å². The lowest BCUT2D eigenvalue weighted by Crippen LogP contribution is -2.52. The summed E-state index contributed by atoms with van der Waals surface area (Å²) in [6, 6.07) is 12.4. The first-order chi connectivity index (χ1) is 19.0. The average Bonchev–Trinajstić information content (AvgIpc) is 2.99. The van der Waals surface area contributed by atoms with Crippen LogP contribution in [0, 0.1) is 6.92 Å². The molecule has 212 valence electrons. The van der Waals surface area contributed by atoms with Gasteiger partial charge in [0.2, 0.25) is 5.91 Å². The van der Waals surface area contributed by atoms with Crippen LogP contribution in [0.5, 0.6) is 0 Å². The molecule has 3 aliphatic heterocycles. The third kappa shape index (κ3) is 5.96. The van der Waals surface area contributed by atoms with Crippen molar-refractivity contribution in [2.45, 2.75) is 65.0 Å². The normalized spacial score (nSPS) is 19.8. The Morgan fingerprint density at radius 1 is 1.03 bits per heavy atom. The Balaban J connectivity index is 1.41. The van der Waals surface area contributed by atoms with Crippen LogP contribution in [-0.4, -0.2) is 81.9 Å². The van der Waals surface area contributed by atoms with Crippen LogP contribution < -0.4 is 20.9 Å². The van der Waals surface area contributed by atoms with Gasteiger partial charge in [0.25, 0.3) is 0 Å². The summed E-state index contributed by atoms with van der Waals surface area (Å²) in [5, 5.41) is 3.49. The van der Waals surface area contributed by atoms with Crippen molar-refractivity contribution >= 4 is 17.3 Å². The molecule has 3 fully saturated rings. The van der Waals surface area contributed by atoms with Gasteiger partial charge < -0.3 is 25.6 Å². The summed E-state index contributed by atoms with van der Waals surface area (Å²) in [5.74, 6) is -0.335. The van der Waals surface area contributed by atoms with E-state index in [1.54, 1.807) is 0 Å². The van der Waals surface area contributed by atoms with Gasteiger partial charge in [0.1, 0.15) is 0 Å². The van der Waals surface area contributed by atoms with Crippen molar-refractivity contribution in [2.24, 2.45) is 5.73 Å². The van der Waals surface area contributed by atoms with Gasteiger partial charge in [-0.3, -0.25) is 9.69 Å². The summed E-state index contributed by atoms with van der Waals surface area (Å²) >= 11 is 0. The van der Waals surface area contributed by atoms with Crippen LogP contribution in [0.1, 0.15) is 61.0 Å². The topological polar surface area (TPSA) is 74.1 Å². The second-order valence-electron chi connectivity index (χ2n) is 11.3. The Labute approximate surface area is 234 Å². The first-order valence-electron chi connectivity index (χ1n) is 15.1. The molecule has 1 amide bonds. The number of carbonyl (C=O) groups is 1. The number of piperidine rings is 1. The highest BCUT2D eigenvalue weighted by Crippen LogP contribution is 2.38. The number of rotatable bonds is 8. The van der Waals surface area contributed by atoms with Gasteiger partial charge in [-0.1, -0.05) is 19.1 Å². The number of anilines is 2. The molecule has 0 spiro atoms. The lowest BCUT2D eigenvalue weighted by atomic mass is 9.88. The average molecular weight is 534 g/mol. The molecule has 3 N–H and O–H groups in total. The van der Waals surface area contributed by atoms with Crippen LogP contribution in [-0.2, 0) is 11.2 Å². The van der Waals surface area contributed by atoms with Gasteiger partial charge in [-0.25, -0.2) is 0 Å². The fraction of sp³-hybridized carbons (Fsp3) is 0.594. The lowest BCUT2D eigenvalue weighted by molar-refractivity contribution is 0.0846. The summed E-state index contributed by atoms with van der Waals surface area (Å²) < 4.78 is 5.64. The van der Waals surface area contributed by atoms with Gasteiger partial charge in [-0.05, 0) is 99.5 Å². The maximum absolute atomic E-state index is 12.8. The van der Waals surface area contributed by atoms with Crippen LogP contribution in [0.4, 0.5) is 11.4 Å². The fourth-order valence-electron chi connectivity index (χ4n) is 7.07. The molecule has 0 bridgehead atoms. The Morgan fingerprint density at radius 2 is 1.69 bits per heavy atom. The highest BCUT2D eigenvalue weighted by Gasteiger charge is 2.27. The number of ether oxygens (including phenoxy) is 1. The molecule has 39 heavy (non-hydrogen) atoms. The smallest absolute Gasteiger partial charge is 0.249 e. The number of primary amides is 1. The molecule has 0 saturated carbocycles. The summed E-state index contributed by atoms with van der Waals surface area (Å²) in [6.07, 6.45) is 5.31. The van der Waals surface area contributed by atoms with Crippen LogP contribution in [0.2, 0.25) is 0 Å². The van der Waals surface area contributed by atoms with Crippen molar-refractivity contribution < 1.29 is 9.53 Å². The van der Waals surface area contributed by atoms with E-state index in [-0.39, 0.29) is 5.91 Å². The minimum atomic E-state index is -0.335. The van der Waals surface area contributed by atoms with Crippen molar-refractivity contribution in [3.05, 3.63) is 47.0 Å². The van der Waals surface area contributed by atoms with E-state index < -0.39 is 0 Å². The largest absolute Gasteiger partial charge is 0.381 e.